The first-order valence-electron chi connectivity index (χ1n) is 5.88. The molecule has 0 radical (unpaired) electrons. The van der Waals surface area contributed by atoms with E-state index in [4.69, 9.17) is 11.6 Å². The molecule has 0 atom stereocenters. The highest BCUT2D eigenvalue weighted by atomic mass is 35.5. The Kier molecular flexibility index (Phi) is 5.45. The topological polar surface area (TPSA) is 41.1 Å². The van der Waals surface area contributed by atoms with Crippen molar-refractivity contribution < 1.29 is 4.79 Å². The van der Waals surface area contributed by atoms with Gasteiger partial charge in [-0.25, -0.2) is 0 Å². The molecule has 1 aliphatic carbocycles. The van der Waals surface area contributed by atoms with Gasteiger partial charge in [-0.05, 0) is 37.6 Å². The van der Waals surface area contributed by atoms with Crippen LogP contribution in [0.25, 0.3) is 0 Å². The third-order valence-electron chi connectivity index (χ3n) is 3.13. The van der Waals surface area contributed by atoms with Gasteiger partial charge in [0.1, 0.15) is 0 Å². The lowest BCUT2D eigenvalue weighted by Crippen LogP contribution is -2.36. The van der Waals surface area contributed by atoms with E-state index in [2.05, 4.69) is 10.6 Å². The average Bonchev–Trinajstić information content (AvgIpc) is 3.08. The highest BCUT2D eigenvalue weighted by Gasteiger charge is 2.45. The molecular formula is C13H18Cl2N2O. The smallest absolute Gasteiger partial charge is 0.221 e. The van der Waals surface area contributed by atoms with E-state index in [1.165, 1.54) is 0 Å². The van der Waals surface area contributed by atoms with Gasteiger partial charge in [-0.1, -0.05) is 23.7 Å². The van der Waals surface area contributed by atoms with E-state index in [1.807, 2.05) is 31.3 Å². The van der Waals surface area contributed by atoms with Crippen LogP contribution in [-0.4, -0.2) is 19.5 Å². The molecule has 3 nitrogen and oxygen atoms in total. The lowest BCUT2D eigenvalue weighted by Gasteiger charge is -2.18. The quantitative estimate of drug-likeness (QED) is 0.874. The number of amides is 1. The summed E-state index contributed by atoms with van der Waals surface area (Å²) in [6, 6.07) is 7.73. The van der Waals surface area contributed by atoms with E-state index < -0.39 is 0 Å². The molecule has 2 N–H and O–H groups in total. The maximum atomic E-state index is 11.7. The summed E-state index contributed by atoms with van der Waals surface area (Å²) in [6.07, 6.45) is 2.55. The Morgan fingerprint density at radius 2 is 1.94 bits per heavy atom. The normalized spacial score (nSPS) is 15.7. The molecule has 5 heteroatoms. The SMILES string of the molecule is CNCCC(=O)NC1(c2ccc(Cl)cc2)CC1.Cl. The zero-order valence-electron chi connectivity index (χ0n) is 10.3. The van der Waals surface area contributed by atoms with Crippen LogP contribution in [0.4, 0.5) is 0 Å². The largest absolute Gasteiger partial charge is 0.347 e. The average molecular weight is 289 g/mol. The number of hydrogen-bond acceptors (Lipinski definition) is 2. The molecule has 0 aromatic heterocycles. The molecule has 1 aromatic carbocycles. The highest BCUT2D eigenvalue weighted by Crippen LogP contribution is 2.45. The molecule has 0 saturated heterocycles. The van der Waals surface area contributed by atoms with E-state index in [9.17, 15) is 4.79 Å². The summed E-state index contributed by atoms with van der Waals surface area (Å²) in [6.45, 7) is 0.711. The fourth-order valence-corrected chi connectivity index (χ4v) is 2.07. The molecule has 0 unspecified atom stereocenters. The van der Waals surface area contributed by atoms with Crippen LogP contribution >= 0.6 is 24.0 Å². The lowest BCUT2D eigenvalue weighted by molar-refractivity contribution is -0.122. The molecule has 1 aromatic rings. The Labute approximate surface area is 119 Å². The molecular weight excluding hydrogens is 271 g/mol. The Morgan fingerprint density at radius 1 is 1.33 bits per heavy atom. The van der Waals surface area contributed by atoms with Crippen molar-refractivity contribution in [1.29, 1.82) is 0 Å². The van der Waals surface area contributed by atoms with Gasteiger partial charge in [-0.15, -0.1) is 12.4 Å². The number of rotatable bonds is 5. The van der Waals surface area contributed by atoms with Gasteiger partial charge >= 0.3 is 0 Å². The third-order valence-corrected chi connectivity index (χ3v) is 3.38. The van der Waals surface area contributed by atoms with Crippen molar-refractivity contribution in [2.24, 2.45) is 0 Å². The summed E-state index contributed by atoms with van der Waals surface area (Å²) < 4.78 is 0. The summed E-state index contributed by atoms with van der Waals surface area (Å²) >= 11 is 5.86. The fourth-order valence-electron chi connectivity index (χ4n) is 1.95. The zero-order chi connectivity index (χ0) is 12.3. The minimum Gasteiger partial charge on any atom is -0.347 e. The van der Waals surface area contributed by atoms with Crippen LogP contribution in [0.15, 0.2) is 24.3 Å². The number of hydrogen-bond donors (Lipinski definition) is 2. The summed E-state index contributed by atoms with van der Waals surface area (Å²) in [4.78, 5) is 11.7. The van der Waals surface area contributed by atoms with Gasteiger partial charge in [0.25, 0.3) is 0 Å². The van der Waals surface area contributed by atoms with Crippen LogP contribution in [0, 0.1) is 0 Å². The van der Waals surface area contributed by atoms with Gasteiger partial charge < -0.3 is 10.6 Å². The monoisotopic (exact) mass is 288 g/mol. The molecule has 2 rings (SSSR count). The summed E-state index contributed by atoms with van der Waals surface area (Å²) in [5.41, 5.74) is 1.02. The molecule has 1 aliphatic rings. The fraction of sp³-hybridized carbons (Fsp3) is 0.462. The van der Waals surface area contributed by atoms with Crippen LogP contribution < -0.4 is 10.6 Å². The Morgan fingerprint density at radius 3 is 2.44 bits per heavy atom. The molecule has 100 valence electrons. The van der Waals surface area contributed by atoms with E-state index in [0.717, 1.165) is 23.4 Å². The second-order valence-corrected chi connectivity index (χ2v) is 4.93. The molecule has 0 aliphatic heterocycles. The van der Waals surface area contributed by atoms with E-state index in [0.29, 0.717) is 13.0 Å². The first kappa shape index (κ1) is 15.3. The number of carbonyl (C=O) groups is 1. The molecule has 1 saturated carbocycles. The Hall–Kier alpha value is -0.770. The maximum Gasteiger partial charge on any atom is 0.221 e. The Balaban J connectivity index is 0.00000162. The molecule has 0 bridgehead atoms. The van der Waals surface area contributed by atoms with E-state index in [-0.39, 0.29) is 23.9 Å². The molecule has 0 heterocycles. The van der Waals surface area contributed by atoms with Crippen molar-refractivity contribution in [3.05, 3.63) is 34.9 Å². The predicted molar refractivity (Wildman–Crippen MR) is 76.3 cm³/mol. The predicted octanol–water partition coefficient (Wildman–Crippen LogP) is 2.48. The number of benzene rings is 1. The molecule has 18 heavy (non-hydrogen) atoms. The van der Waals surface area contributed by atoms with Crippen molar-refractivity contribution >= 4 is 29.9 Å². The van der Waals surface area contributed by atoms with Gasteiger partial charge in [0.2, 0.25) is 5.91 Å². The standard InChI is InChI=1S/C13H17ClN2O.ClH/c1-15-9-6-12(17)16-13(7-8-13)10-2-4-11(14)5-3-10;/h2-5,15H,6-9H2,1H3,(H,16,17);1H. The first-order chi connectivity index (χ1) is 8.16. The third kappa shape index (κ3) is 3.61. The van der Waals surface area contributed by atoms with Gasteiger partial charge in [0.15, 0.2) is 0 Å². The second kappa shape index (κ2) is 6.41. The number of carbonyl (C=O) groups excluding carboxylic acids is 1. The van der Waals surface area contributed by atoms with Gasteiger partial charge in [0, 0.05) is 18.0 Å². The van der Waals surface area contributed by atoms with Crippen molar-refractivity contribution in [3.8, 4) is 0 Å². The molecule has 0 spiro atoms. The highest BCUT2D eigenvalue weighted by molar-refractivity contribution is 6.30. The van der Waals surface area contributed by atoms with Crippen LogP contribution in [0.1, 0.15) is 24.8 Å². The Bertz CT molecular complexity index is 402. The van der Waals surface area contributed by atoms with E-state index in [1.54, 1.807) is 0 Å². The van der Waals surface area contributed by atoms with Crippen LogP contribution in [0.5, 0.6) is 0 Å². The van der Waals surface area contributed by atoms with Gasteiger partial charge in [0.05, 0.1) is 5.54 Å². The van der Waals surface area contributed by atoms with Gasteiger partial charge in [-0.3, -0.25) is 4.79 Å². The minimum absolute atomic E-state index is 0. The van der Waals surface area contributed by atoms with Crippen LogP contribution in [-0.2, 0) is 10.3 Å². The lowest BCUT2D eigenvalue weighted by atomic mass is 10.0. The number of nitrogens with one attached hydrogen (secondary N) is 2. The summed E-state index contributed by atoms with van der Waals surface area (Å²) in [7, 11) is 1.85. The second-order valence-electron chi connectivity index (χ2n) is 4.49. The van der Waals surface area contributed by atoms with Crippen molar-refractivity contribution in [2.45, 2.75) is 24.8 Å². The summed E-state index contributed by atoms with van der Waals surface area (Å²) in [5.74, 6) is 0.104. The zero-order valence-corrected chi connectivity index (χ0v) is 11.9. The van der Waals surface area contributed by atoms with Crippen LogP contribution in [0.2, 0.25) is 5.02 Å². The summed E-state index contributed by atoms with van der Waals surface area (Å²) in [5, 5.41) is 6.82. The first-order valence-corrected chi connectivity index (χ1v) is 6.26. The van der Waals surface area contributed by atoms with Crippen molar-refractivity contribution in [3.63, 3.8) is 0 Å². The maximum absolute atomic E-state index is 11.7. The molecule has 1 amide bonds. The van der Waals surface area contributed by atoms with Crippen molar-refractivity contribution in [1.82, 2.24) is 10.6 Å². The number of halogens is 2. The molecule has 1 fully saturated rings. The minimum atomic E-state index is -0.130. The van der Waals surface area contributed by atoms with Crippen molar-refractivity contribution in [2.75, 3.05) is 13.6 Å². The van der Waals surface area contributed by atoms with E-state index >= 15 is 0 Å². The van der Waals surface area contributed by atoms with Crippen LogP contribution in [0.3, 0.4) is 0 Å². The van der Waals surface area contributed by atoms with Gasteiger partial charge in [-0.2, -0.15) is 0 Å².